The Bertz CT molecular complexity index is 1560. The number of alkyl halides is 6. The maximum Gasteiger partial charge on any atom is 0.451 e. The zero-order chi connectivity index (χ0) is 29.6. The van der Waals surface area contributed by atoms with Crippen molar-refractivity contribution < 1.29 is 40.4 Å². The van der Waals surface area contributed by atoms with Crippen molar-refractivity contribution in [3.05, 3.63) is 74.3 Å². The molecule has 1 amide bonds. The molecular weight excluding hydrogens is 596 g/mol. The van der Waals surface area contributed by atoms with Crippen LogP contribution in [-0.4, -0.2) is 32.6 Å². The number of anilines is 1. The molecule has 210 valence electrons. The van der Waals surface area contributed by atoms with Gasteiger partial charge in [-0.1, -0.05) is 34.4 Å². The van der Waals surface area contributed by atoms with Crippen molar-refractivity contribution in [2.24, 2.45) is 5.16 Å². The van der Waals surface area contributed by atoms with Crippen molar-refractivity contribution in [2.75, 3.05) is 5.32 Å². The SMILES string of the molecule is Cc1cc(C2=NOC(c3cc(Cl)c(F)c(Cl)c3)(C(F)(F)F)C2)ccc1C(=O)Nc1nc(C(F)(F)F)n(CC#N)n1. The summed E-state index contributed by atoms with van der Waals surface area (Å²) in [6.07, 6.45) is -10.8. The number of amides is 1. The molecule has 0 radical (unpaired) electrons. The number of nitriles is 1. The smallest absolute Gasteiger partial charge is 0.374 e. The van der Waals surface area contributed by atoms with Crippen LogP contribution in [-0.2, 0) is 23.2 Å². The average molecular weight is 609 g/mol. The fraction of sp³-hybridized carbons (Fsp3) is 0.261. The van der Waals surface area contributed by atoms with Gasteiger partial charge >= 0.3 is 12.4 Å². The van der Waals surface area contributed by atoms with Crippen LogP contribution < -0.4 is 5.32 Å². The predicted octanol–water partition coefficient (Wildman–Crippen LogP) is 6.41. The van der Waals surface area contributed by atoms with E-state index < -0.39 is 70.0 Å². The fourth-order valence-electron chi connectivity index (χ4n) is 3.90. The predicted molar refractivity (Wildman–Crippen MR) is 126 cm³/mol. The lowest BCUT2D eigenvalue weighted by molar-refractivity contribution is -0.275. The van der Waals surface area contributed by atoms with Crippen LogP contribution in [0.25, 0.3) is 0 Å². The second kappa shape index (κ2) is 10.3. The van der Waals surface area contributed by atoms with E-state index in [1.165, 1.54) is 31.2 Å². The topological polar surface area (TPSA) is 105 Å². The summed E-state index contributed by atoms with van der Waals surface area (Å²) in [5.74, 6) is -4.23. The van der Waals surface area contributed by atoms with Crippen LogP contribution in [0.4, 0.5) is 36.7 Å². The van der Waals surface area contributed by atoms with Gasteiger partial charge in [-0.05, 0) is 42.3 Å². The number of aryl methyl sites for hydroxylation is 1. The molecule has 1 aliphatic rings. The second-order valence-electron chi connectivity index (χ2n) is 8.44. The van der Waals surface area contributed by atoms with Gasteiger partial charge in [-0.15, -0.1) is 5.10 Å². The first kappa shape index (κ1) is 29.1. The molecule has 0 bridgehead atoms. The highest BCUT2D eigenvalue weighted by molar-refractivity contribution is 6.35. The Morgan fingerprint density at radius 2 is 1.82 bits per heavy atom. The van der Waals surface area contributed by atoms with Gasteiger partial charge in [-0.25, -0.2) is 9.07 Å². The molecule has 1 N–H and O–H groups in total. The summed E-state index contributed by atoms with van der Waals surface area (Å²) >= 11 is 11.4. The molecule has 0 saturated heterocycles. The summed E-state index contributed by atoms with van der Waals surface area (Å²) in [6, 6.07) is 6.75. The Kier molecular flexibility index (Phi) is 7.46. The molecule has 0 spiro atoms. The number of oxime groups is 1. The van der Waals surface area contributed by atoms with E-state index in [1.807, 2.05) is 0 Å². The van der Waals surface area contributed by atoms with Crippen LogP contribution in [0, 0.1) is 24.1 Å². The largest absolute Gasteiger partial charge is 0.451 e. The van der Waals surface area contributed by atoms with Gasteiger partial charge in [0.2, 0.25) is 11.8 Å². The summed E-state index contributed by atoms with van der Waals surface area (Å²) in [4.78, 5) is 20.8. The zero-order valence-corrected chi connectivity index (χ0v) is 21.3. The highest BCUT2D eigenvalue weighted by Gasteiger charge is 2.62. The highest BCUT2D eigenvalue weighted by atomic mass is 35.5. The molecular formula is C23H13Cl2F7N6O2. The van der Waals surface area contributed by atoms with Gasteiger partial charge in [0.05, 0.1) is 21.8 Å². The van der Waals surface area contributed by atoms with Crippen molar-refractivity contribution in [3.8, 4) is 6.07 Å². The van der Waals surface area contributed by atoms with Gasteiger partial charge in [0.1, 0.15) is 6.54 Å². The molecule has 17 heteroatoms. The van der Waals surface area contributed by atoms with Crippen LogP contribution in [0.5, 0.6) is 0 Å². The number of hydrogen-bond acceptors (Lipinski definition) is 6. The van der Waals surface area contributed by atoms with E-state index >= 15 is 0 Å². The number of nitrogens with one attached hydrogen (secondary N) is 1. The van der Waals surface area contributed by atoms with E-state index in [2.05, 4.69) is 20.6 Å². The Labute approximate surface area is 229 Å². The first-order chi connectivity index (χ1) is 18.6. The molecule has 2 heterocycles. The lowest BCUT2D eigenvalue weighted by Crippen LogP contribution is -2.42. The van der Waals surface area contributed by atoms with E-state index in [-0.39, 0.29) is 27.1 Å². The number of halogens is 9. The quantitative estimate of drug-likeness (QED) is 0.266. The molecule has 1 aliphatic heterocycles. The molecule has 4 rings (SSSR count). The monoisotopic (exact) mass is 608 g/mol. The zero-order valence-electron chi connectivity index (χ0n) is 19.8. The summed E-state index contributed by atoms with van der Waals surface area (Å²) in [6.45, 7) is 0.652. The molecule has 0 saturated carbocycles. The van der Waals surface area contributed by atoms with Gasteiger partial charge in [0.15, 0.2) is 5.82 Å². The normalized spacial score (nSPS) is 17.3. The highest BCUT2D eigenvalue weighted by Crippen LogP contribution is 2.50. The third-order valence-corrected chi connectivity index (χ3v) is 6.36. The number of carbonyl (C=O) groups is 1. The third kappa shape index (κ3) is 5.28. The maximum atomic E-state index is 14.2. The Morgan fingerprint density at radius 3 is 2.38 bits per heavy atom. The van der Waals surface area contributed by atoms with Crippen molar-refractivity contribution >= 4 is 40.8 Å². The number of rotatable bonds is 5. The van der Waals surface area contributed by atoms with E-state index in [9.17, 15) is 35.5 Å². The second-order valence-corrected chi connectivity index (χ2v) is 9.26. The first-order valence-electron chi connectivity index (χ1n) is 10.9. The number of aromatic nitrogens is 3. The molecule has 1 atom stereocenters. The number of nitrogens with zero attached hydrogens (tertiary/aromatic N) is 5. The van der Waals surface area contributed by atoms with Crippen LogP contribution >= 0.6 is 23.2 Å². The lowest BCUT2D eigenvalue weighted by atomic mass is 9.86. The minimum absolute atomic E-state index is 0.0624. The van der Waals surface area contributed by atoms with E-state index in [4.69, 9.17) is 33.3 Å². The van der Waals surface area contributed by atoms with Crippen LogP contribution in [0.15, 0.2) is 35.5 Å². The van der Waals surface area contributed by atoms with E-state index in [1.54, 1.807) is 0 Å². The number of benzene rings is 2. The van der Waals surface area contributed by atoms with Gasteiger partial charge in [-0.3, -0.25) is 10.1 Å². The van der Waals surface area contributed by atoms with Gasteiger partial charge in [0, 0.05) is 17.5 Å². The number of hydrogen-bond donors (Lipinski definition) is 1. The first-order valence-corrected chi connectivity index (χ1v) is 11.6. The summed E-state index contributed by atoms with van der Waals surface area (Å²) in [5, 5.41) is 16.6. The third-order valence-electron chi connectivity index (χ3n) is 5.81. The molecule has 8 nitrogen and oxygen atoms in total. The molecule has 3 aromatic rings. The Balaban J connectivity index is 1.59. The van der Waals surface area contributed by atoms with Crippen molar-refractivity contribution in [2.45, 2.75) is 37.8 Å². The minimum Gasteiger partial charge on any atom is -0.374 e. The van der Waals surface area contributed by atoms with Gasteiger partial charge in [0.25, 0.3) is 11.5 Å². The van der Waals surface area contributed by atoms with Crippen LogP contribution in [0.2, 0.25) is 10.0 Å². The summed E-state index contributed by atoms with van der Waals surface area (Å²) in [7, 11) is 0. The Hall–Kier alpha value is -3.90. The standard InChI is InChI=1S/C23H13Cl2F7N6O2/c1-10-6-11(2-3-13(10)18(39)34-20-35-19(22(27,28)29)38(36-20)5-4-33)16-9-21(40-37-16,23(30,31)32)12-7-14(24)17(26)15(25)8-12/h2-3,6-8H,5,9H2,1H3,(H,34,36,39). The van der Waals surface area contributed by atoms with Crippen molar-refractivity contribution in [1.82, 2.24) is 14.8 Å². The summed E-state index contributed by atoms with van der Waals surface area (Å²) < 4.78 is 96.2. The molecule has 2 aromatic carbocycles. The van der Waals surface area contributed by atoms with Crippen LogP contribution in [0.3, 0.4) is 0 Å². The van der Waals surface area contributed by atoms with E-state index in [0.717, 1.165) is 12.1 Å². The molecule has 1 unspecified atom stereocenters. The number of carbonyl (C=O) groups excluding carboxylic acids is 1. The minimum atomic E-state index is -5.03. The lowest BCUT2D eigenvalue weighted by Gasteiger charge is -2.29. The van der Waals surface area contributed by atoms with Crippen LogP contribution in [0.1, 0.15) is 39.3 Å². The molecule has 0 aliphatic carbocycles. The maximum absolute atomic E-state index is 14.2. The summed E-state index contributed by atoms with van der Waals surface area (Å²) in [5.41, 5.74) is -3.50. The molecule has 1 aromatic heterocycles. The fourth-order valence-corrected chi connectivity index (χ4v) is 4.38. The average Bonchev–Trinajstić information content (AvgIpc) is 3.48. The Morgan fingerprint density at radius 1 is 1.18 bits per heavy atom. The molecule has 40 heavy (non-hydrogen) atoms. The van der Waals surface area contributed by atoms with E-state index in [0.29, 0.717) is 0 Å². The molecule has 0 fully saturated rings. The van der Waals surface area contributed by atoms with Crippen molar-refractivity contribution in [1.29, 1.82) is 5.26 Å². The van der Waals surface area contributed by atoms with Gasteiger partial charge in [-0.2, -0.15) is 36.6 Å². The van der Waals surface area contributed by atoms with Gasteiger partial charge < -0.3 is 4.84 Å². The van der Waals surface area contributed by atoms with Crippen molar-refractivity contribution in [3.63, 3.8) is 0 Å².